The summed E-state index contributed by atoms with van der Waals surface area (Å²) < 4.78 is 39.1. The molecule has 7 heteroatoms. The number of aromatic nitrogens is 2. The standard InChI is InChI=1S/C16H17F3N4/c17-16(18,19)14-5-2-1-4-13(14)12-22-8-10-23(11-9-22)15-20-6-3-7-21-15/h1-7H,8-12H2. The molecule has 3 rings (SSSR count). The van der Waals surface area contributed by atoms with Gasteiger partial charge in [0.25, 0.3) is 0 Å². The second-order valence-electron chi connectivity index (χ2n) is 5.47. The Labute approximate surface area is 132 Å². The zero-order valence-corrected chi connectivity index (χ0v) is 12.5. The second-order valence-corrected chi connectivity index (χ2v) is 5.47. The fourth-order valence-corrected chi connectivity index (χ4v) is 2.74. The Morgan fingerprint density at radius 2 is 1.57 bits per heavy atom. The molecule has 122 valence electrons. The highest BCUT2D eigenvalue weighted by molar-refractivity contribution is 5.31. The van der Waals surface area contributed by atoms with Crippen LogP contribution in [0.4, 0.5) is 19.1 Å². The largest absolute Gasteiger partial charge is 0.416 e. The number of rotatable bonds is 3. The van der Waals surface area contributed by atoms with Gasteiger partial charge in [-0.2, -0.15) is 13.2 Å². The second kappa shape index (κ2) is 6.54. The molecule has 23 heavy (non-hydrogen) atoms. The van der Waals surface area contributed by atoms with Gasteiger partial charge in [0, 0.05) is 45.1 Å². The zero-order chi connectivity index (χ0) is 16.3. The summed E-state index contributed by atoms with van der Waals surface area (Å²) in [5.41, 5.74) is -0.224. The van der Waals surface area contributed by atoms with Gasteiger partial charge in [0.1, 0.15) is 0 Å². The Kier molecular flexibility index (Phi) is 4.47. The summed E-state index contributed by atoms with van der Waals surface area (Å²) in [7, 11) is 0. The van der Waals surface area contributed by atoms with E-state index in [2.05, 4.69) is 9.97 Å². The van der Waals surface area contributed by atoms with Gasteiger partial charge >= 0.3 is 6.18 Å². The van der Waals surface area contributed by atoms with Gasteiger partial charge in [0.15, 0.2) is 0 Å². The smallest absolute Gasteiger partial charge is 0.338 e. The van der Waals surface area contributed by atoms with Crippen LogP contribution in [0.5, 0.6) is 0 Å². The lowest BCUT2D eigenvalue weighted by Gasteiger charge is -2.35. The van der Waals surface area contributed by atoms with Crippen molar-refractivity contribution < 1.29 is 13.2 Å². The molecule has 1 aliphatic heterocycles. The molecule has 0 spiro atoms. The Hall–Kier alpha value is -2.15. The Morgan fingerprint density at radius 1 is 0.913 bits per heavy atom. The van der Waals surface area contributed by atoms with Gasteiger partial charge in [-0.15, -0.1) is 0 Å². The molecule has 0 atom stereocenters. The first kappa shape index (κ1) is 15.7. The van der Waals surface area contributed by atoms with Gasteiger partial charge in [-0.25, -0.2) is 9.97 Å². The van der Waals surface area contributed by atoms with Crippen LogP contribution in [0.25, 0.3) is 0 Å². The molecule has 1 aromatic carbocycles. The first-order valence-corrected chi connectivity index (χ1v) is 7.43. The summed E-state index contributed by atoms with van der Waals surface area (Å²) in [6.07, 6.45) is -0.932. The highest BCUT2D eigenvalue weighted by Gasteiger charge is 2.33. The Balaban J connectivity index is 1.64. The summed E-state index contributed by atoms with van der Waals surface area (Å²) in [6.45, 7) is 3.09. The van der Waals surface area contributed by atoms with Gasteiger partial charge in [0.05, 0.1) is 5.56 Å². The van der Waals surface area contributed by atoms with E-state index in [0.29, 0.717) is 44.2 Å². The molecular formula is C16H17F3N4. The summed E-state index contributed by atoms with van der Waals surface area (Å²) in [5, 5.41) is 0. The third-order valence-electron chi connectivity index (χ3n) is 3.92. The van der Waals surface area contributed by atoms with Crippen LogP contribution in [-0.4, -0.2) is 41.0 Å². The van der Waals surface area contributed by atoms with E-state index < -0.39 is 11.7 Å². The molecular weight excluding hydrogens is 305 g/mol. The van der Waals surface area contributed by atoms with Crippen molar-refractivity contribution in [1.82, 2.24) is 14.9 Å². The fourth-order valence-electron chi connectivity index (χ4n) is 2.74. The van der Waals surface area contributed by atoms with Crippen LogP contribution in [-0.2, 0) is 12.7 Å². The molecule has 1 fully saturated rings. The Bertz CT molecular complexity index is 637. The maximum atomic E-state index is 13.0. The van der Waals surface area contributed by atoms with Crippen molar-refractivity contribution >= 4 is 5.95 Å². The fraction of sp³-hybridized carbons (Fsp3) is 0.375. The molecule has 0 aliphatic carbocycles. The Morgan fingerprint density at radius 3 is 2.22 bits per heavy atom. The molecule has 4 nitrogen and oxygen atoms in total. The molecule has 1 aliphatic rings. The van der Waals surface area contributed by atoms with Crippen LogP contribution >= 0.6 is 0 Å². The summed E-state index contributed by atoms with van der Waals surface area (Å²) in [4.78, 5) is 12.5. The van der Waals surface area contributed by atoms with Crippen molar-refractivity contribution in [2.45, 2.75) is 12.7 Å². The maximum Gasteiger partial charge on any atom is 0.416 e. The minimum absolute atomic E-state index is 0.305. The lowest BCUT2D eigenvalue weighted by molar-refractivity contribution is -0.138. The van der Waals surface area contributed by atoms with Crippen LogP contribution in [0.3, 0.4) is 0 Å². The van der Waals surface area contributed by atoms with E-state index in [-0.39, 0.29) is 0 Å². The van der Waals surface area contributed by atoms with Gasteiger partial charge in [0.2, 0.25) is 5.95 Å². The van der Waals surface area contributed by atoms with Crippen molar-refractivity contribution in [3.05, 3.63) is 53.9 Å². The lowest BCUT2D eigenvalue weighted by Crippen LogP contribution is -2.46. The average molecular weight is 322 g/mol. The topological polar surface area (TPSA) is 32.3 Å². The third kappa shape index (κ3) is 3.79. The van der Waals surface area contributed by atoms with Gasteiger partial charge in [-0.05, 0) is 17.7 Å². The summed E-state index contributed by atoms with van der Waals surface area (Å²) in [6, 6.07) is 7.53. The normalized spacial score (nSPS) is 16.6. The van der Waals surface area contributed by atoms with E-state index in [4.69, 9.17) is 0 Å². The number of benzene rings is 1. The number of hydrogen-bond acceptors (Lipinski definition) is 4. The molecule has 0 radical (unpaired) electrons. The van der Waals surface area contributed by atoms with Crippen molar-refractivity contribution in [2.24, 2.45) is 0 Å². The summed E-state index contributed by atoms with van der Waals surface area (Å²) >= 11 is 0. The zero-order valence-electron chi connectivity index (χ0n) is 12.5. The number of nitrogens with zero attached hydrogens (tertiary/aromatic N) is 4. The van der Waals surface area contributed by atoms with E-state index in [9.17, 15) is 13.2 Å². The van der Waals surface area contributed by atoms with Crippen molar-refractivity contribution in [1.29, 1.82) is 0 Å². The SMILES string of the molecule is FC(F)(F)c1ccccc1CN1CCN(c2ncccn2)CC1. The first-order valence-electron chi connectivity index (χ1n) is 7.43. The van der Waals surface area contributed by atoms with Gasteiger partial charge < -0.3 is 4.90 Å². The molecule has 0 saturated carbocycles. The molecule has 2 heterocycles. The first-order chi connectivity index (χ1) is 11.0. The molecule has 1 saturated heterocycles. The van der Waals surface area contributed by atoms with Crippen LogP contribution < -0.4 is 4.90 Å². The van der Waals surface area contributed by atoms with E-state index in [0.717, 1.165) is 6.07 Å². The molecule has 0 N–H and O–H groups in total. The molecule has 0 bridgehead atoms. The number of halogens is 3. The van der Waals surface area contributed by atoms with Crippen LogP contribution in [0.2, 0.25) is 0 Å². The lowest BCUT2D eigenvalue weighted by atomic mass is 10.1. The van der Waals surface area contributed by atoms with Gasteiger partial charge in [-0.1, -0.05) is 18.2 Å². The predicted octanol–water partition coefficient (Wildman–Crippen LogP) is 2.82. The number of hydrogen-bond donors (Lipinski definition) is 0. The molecule has 1 aromatic heterocycles. The highest BCUT2D eigenvalue weighted by atomic mass is 19.4. The number of anilines is 1. The molecule has 0 amide bonds. The van der Waals surface area contributed by atoms with E-state index in [1.165, 1.54) is 6.07 Å². The number of piperazine rings is 1. The van der Waals surface area contributed by atoms with E-state index in [1.54, 1.807) is 30.6 Å². The van der Waals surface area contributed by atoms with Crippen molar-refractivity contribution in [3.8, 4) is 0 Å². The van der Waals surface area contributed by atoms with Crippen LogP contribution in [0.15, 0.2) is 42.7 Å². The molecule has 0 unspecified atom stereocenters. The monoisotopic (exact) mass is 322 g/mol. The third-order valence-corrected chi connectivity index (χ3v) is 3.92. The van der Waals surface area contributed by atoms with Crippen LogP contribution in [0.1, 0.15) is 11.1 Å². The summed E-state index contributed by atoms with van der Waals surface area (Å²) in [5.74, 6) is 0.669. The van der Waals surface area contributed by atoms with Crippen molar-refractivity contribution in [3.63, 3.8) is 0 Å². The van der Waals surface area contributed by atoms with E-state index in [1.807, 2.05) is 9.80 Å². The number of alkyl halides is 3. The van der Waals surface area contributed by atoms with Crippen molar-refractivity contribution in [2.75, 3.05) is 31.1 Å². The average Bonchev–Trinajstić information content (AvgIpc) is 2.56. The quantitative estimate of drug-likeness (QED) is 0.870. The maximum absolute atomic E-state index is 13.0. The predicted molar refractivity (Wildman–Crippen MR) is 81.0 cm³/mol. The minimum Gasteiger partial charge on any atom is -0.338 e. The van der Waals surface area contributed by atoms with Crippen LogP contribution in [0, 0.1) is 0 Å². The minimum atomic E-state index is -4.31. The highest BCUT2D eigenvalue weighted by Crippen LogP contribution is 2.32. The molecule has 2 aromatic rings. The van der Waals surface area contributed by atoms with E-state index >= 15 is 0 Å². The van der Waals surface area contributed by atoms with Gasteiger partial charge in [-0.3, -0.25) is 4.90 Å².